The lowest BCUT2D eigenvalue weighted by Crippen LogP contribution is -2.47. The SMILES string of the molecule is [C-]#[N+]c1cc(F)c(Oc2cc(Nc3ccc(C(=O)N4CCN(C)CC4)cn3)c3ncn(C)c3n2)c(F)c1. The Balaban J connectivity index is 1.41. The second kappa shape index (κ2) is 9.79. The number of nitrogens with zero attached hydrogens (tertiary/aromatic N) is 7. The minimum Gasteiger partial charge on any atom is -0.433 e. The zero-order valence-electron chi connectivity index (χ0n) is 20.1. The quantitative estimate of drug-likeness (QED) is 0.409. The lowest BCUT2D eigenvalue weighted by atomic mass is 10.2. The fourth-order valence-corrected chi connectivity index (χ4v) is 3.96. The standard InChI is InChI=1S/C25H22F2N8O2/c1-28-16-10-17(26)23(18(27)11-16)37-21-12-19(22-24(32-21)34(3)14-30-22)31-20-5-4-15(13-29-20)25(36)35-8-6-33(2)7-9-35/h4-5,10-14H,6-9H2,2-3H3,(H,29,31,32). The van der Waals surface area contributed by atoms with Crippen molar-refractivity contribution in [1.29, 1.82) is 0 Å². The van der Waals surface area contributed by atoms with Gasteiger partial charge in [-0.15, -0.1) is 0 Å². The summed E-state index contributed by atoms with van der Waals surface area (Å²) in [7, 11) is 3.75. The first kappa shape index (κ1) is 24.1. The van der Waals surface area contributed by atoms with E-state index in [9.17, 15) is 13.6 Å². The molecule has 1 amide bonds. The summed E-state index contributed by atoms with van der Waals surface area (Å²) in [5.41, 5.74) is 1.62. The number of rotatable bonds is 5. The van der Waals surface area contributed by atoms with Crippen molar-refractivity contribution >= 4 is 34.3 Å². The molecule has 0 bridgehead atoms. The fourth-order valence-electron chi connectivity index (χ4n) is 3.96. The predicted octanol–water partition coefficient (Wildman–Crippen LogP) is 4.12. The van der Waals surface area contributed by atoms with E-state index in [1.807, 2.05) is 7.05 Å². The molecule has 4 aromatic rings. The maximum absolute atomic E-state index is 14.4. The summed E-state index contributed by atoms with van der Waals surface area (Å²) in [5.74, 6) is -2.44. The summed E-state index contributed by atoms with van der Waals surface area (Å²) < 4.78 is 35.9. The first-order chi connectivity index (χ1) is 17.8. The van der Waals surface area contributed by atoms with Crippen LogP contribution < -0.4 is 10.1 Å². The molecule has 188 valence electrons. The predicted molar refractivity (Wildman–Crippen MR) is 132 cm³/mol. The molecule has 10 nitrogen and oxygen atoms in total. The van der Waals surface area contributed by atoms with Crippen molar-refractivity contribution in [3.05, 3.63) is 71.5 Å². The van der Waals surface area contributed by atoms with E-state index in [4.69, 9.17) is 11.3 Å². The maximum Gasteiger partial charge on any atom is 0.255 e. The third kappa shape index (κ3) is 4.89. The number of anilines is 2. The van der Waals surface area contributed by atoms with Gasteiger partial charge in [0.15, 0.2) is 28.7 Å². The average molecular weight is 505 g/mol. The van der Waals surface area contributed by atoms with Crippen LogP contribution in [0.2, 0.25) is 0 Å². The summed E-state index contributed by atoms with van der Waals surface area (Å²) in [5, 5.41) is 3.12. The third-order valence-corrected chi connectivity index (χ3v) is 6.03. The van der Waals surface area contributed by atoms with Crippen molar-refractivity contribution in [2.45, 2.75) is 0 Å². The summed E-state index contributed by atoms with van der Waals surface area (Å²) in [4.78, 5) is 32.8. The number of aromatic nitrogens is 4. The number of pyridine rings is 2. The lowest BCUT2D eigenvalue weighted by molar-refractivity contribution is 0.0663. The van der Waals surface area contributed by atoms with Crippen LogP contribution in [0.25, 0.3) is 16.0 Å². The van der Waals surface area contributed by atoms with Crippen LogP contribution in [0.1, 0.15) is 10.4 Å². The van der Waals surface area contributed by atoms with Crippen LogP contribution in [-0.2, 0) is 7.05 Å². The van der Waals surface area contributed by atoms with Crippen molar-refractivity contribution in [1.82, 2.24) is 29.3 Å². The first-order valence-electron chi connectivity index (χ1n) is 11.4. The van der Waals surface area contributed by atoms with Crippen LogP contribution in [0.15, 0.2) is 42.9 Å². The molecule has 0 saturated carbocycles. The Hall–Kier alpha value is -4.63. The van der Waals surface area contributed by atoms with Crippen LogP contribution in [0.3, 0.4) is 0 Å². The summed E-state index contributed by atoms with van der Waals surface area (Å²) in [6.07, 6.45) is 3.05. The number of carbonyl (C=O) groups is 1. The van der Waals surface area contributed by atoms with Gasteiger partial charge in [0.25, 0.3) is 5.91 Å². The highest BCUT2D eigenvalue weighted by Gasteiger charge is 2.21. The number of ether oxygens (including phenoxy) is 1. The van der Waals surface area contributed by atoms with E-state index in [0.717, 1.165) is 25.2 Å². The smallest absolute Gasteiger partial charge is 0.255 e. The number of aryl methyl sites for hydroxylation is 1. The van der Waals surface area contributed by atoms with Crippen molar-refractivity contribution in [2.75, 3.05) is 38.5 Å². The normalized spacial score (nSPS) is 14.0. The van der Waals surface area contributed by atoms with E-state index in [2.05, 4.69) is 30.0 Å². The van der Waals surface area contributed by atoms with Crippen LogP contribution in [0.5, 0.6) is 11.6 Å². The van der Waals surface area contributed by atoms with Gasteiger partial charge in [0.2, 0.25) is 5.88 Å². The molecule has 0 radical (unpaired) electrons. The van der Waals surface area contributed by atoms with E-state index < -0.39 is 17.4 Å². The number of hydrogen-bond acceptors (Lipinski definition) is 7. The van der Waals surface area contributed by atoms with Gasteiger partial charge in [-0.1, -0.05) is 0 Å². The number of fused-ring (bicyclic) bond motifs is 1. The van der Waals surface area contributed by atoms with Gasteiger partial charge in [0.1, 0.15) is 11.3 Å². The van der Waals surface area contributed by atoms with E-state index in [1.165, 1.54) is 12.3 Å². The van der Waals surface area contributed by atoms with Gasteiger partial charge in [0.05, 0.1) is 24.2 Å². The van der Waals surface area contributed by atoms with Crippen molar-refractivity contribution in [2.24, 2.45) is 7.05 Å². The van der Waals surface area contributed by atoms with E-state index in [-0.39, 0.29) is 17.5 Å². The third-order valence-electron chi connectivity index (χ3n) is 6.03. The first-order valence-corrected chi connectivity index (χ1v) is 11.4. The Bertz CT molecular complexity index is 1500. The van der Waals surface area contributed by atoms with E-state index >= 15 is 0 Å². The number of likely N-dealkylation sites (N-methyl/N-ethyl adjacent to an activating group) is 1. The van der Waals surface area contributed by atoms with Gasteiger partial charge in [-0.3, -0.25) is 4.79 Å². The Kier molecular flexibility index (Phi) is 6.37. The van der Waals surface area contributed by atoms with Gasteiger partial charge in [-0.25, -0.2) is 23.6 Å². The highest BCUT2D eigenvalue weighted by atomic mass is 19.1. The largest absolute Gasteiger partial charge is 0.433 e. The zero-order valence-corrected chi connectivity index (χ0v) is 20.1. The molecule has 37 heavy (non-hydrogen) atoms. The molecule has 1 fully saturated rings. The van der Waals surface area contributed by atoms with Crippen LogP contribution >= 0.6 is 0 Å². The highest BCUT2D eigenvalue weighted by Crippen LogP contribution is 2.34. The topological polar surface area (TPSA) is 92.8 Å². The van der Waals surface area contributed by atoms with Crippen molar-refractivity contribution in [3.63, 3.8) is 0 Å². The van der Waals surface area contributed by atoms with Crippen molar-refractivity contribution in [3.8, 4) is 11.6 Å². The number of halogens is 2. The van der Waals surface area contributed by atoms with Crippen LogP contribution in [0.4, 0.5) is 26.0 Å². The molecule has 0 atom stereocenters. The molecule has 1 N–H and O–H groups in total. The number of imidazole rings is 1. The Morgan fingerprint density at radius 1 is 1.08 bits per heavy atom. The van der Waals surface area contributed by atoms with Crippen molar-refractivity contribution < 1.29 is 18.3 Å². The molecule has 0 spiro atoms. The lowest BCUT2D eigenvalue weighted by Gasteiger charge is -2.32. The second-order valence-corrected chi connectivity index (χ2v) is 8.64. The number of benzene rings is 1. The second-order valence-electron chi connectivity index (χ2n) is 8.64. The number of amides is 1. The van der Waals surface area contributed by atoms with Gasteiger partial charge in [-0.05, 0) is 31.3 Å². The molecule has 4 heterocycles. The molecule has 1 aliphatic heterocycles. The maximum atomic E-state index is 14.4. The summed E-state index contributed by atoms with van der Waals surface area (Å²) >= 11 is 0. The average Bonchev–Trinajstić information content (AvgIpc) is 3.27. The molecular weight excluding hydrogens is 482 g/mol. The molecule has 1 saturated heterocycles. The number of piperazine rings is 1. The van der Waals surface area contributed by atoms with Gasteiger partial charge in [-0.2, -0.15) is 4.98 Å². The Labute approximate surface area is 210 Å². The zero-order chi connectivity index (χ0) is 26.1. The van der Waals surface area contributed by atoms with Crippen LogP contribution in [0, 0.1) is 18.2 Å². The molecule has 0 unspecified atom stereocenters. The van der Waals surface area contributed by atoms with Gasteiger partial charge >= 0.3 is 0 Å². The van der Waals surface area contributed by atoms with E-state index in [0.29, 0.717) is 41.3 Å². The molecule has 3 aromatic heterocycles. The molecular formula is C25H22F2N8O2. The van der Waals surface area contributed by atoms with Crippen LogP contribution in [-0.4, -0.2) is 68.5 Å². The van der Waals surface area contributed by atoms with E-state index in [1.54, 1.807) is 35.0 Å². The number of nitrogens with one attached hydrogen (secondary N) is 1. The minimum absolute atomic E-state index is 0.0767. The van der Waals surface area contributed by atoms with Gasteiger partial charge < -0.3 is 24.4 Å². The molecule has 1 aromatic carbocycles. The number of carbonyl (C=O) groups excluding carboxylic acids is 1. The monoisotopic (exact) mass is 504 g/mol. The summed E-state index contributed by atoms with van der Waals surface area (Å²) in [6.45, 7) is 9.91. The molecule has 1 aliphatic rings. The Morgan fingerprint density at radius 3 is 2.46 bits per heavy atom. The highest BCUT2D eigenvalue weighted by molar-refractivity contribution is 5.94. The fraction of sp³-hybridized carbons (Fsp3) is 0.240. The molecule has 5 rings (SSSR count). The number of hydrogen-bond donors (Lipinski definition) is 1. The molecule has 12 heteroatoms. The van der Waals surface area contributed by atoms with Gasteiger partial charge in [0, 0.05) is 45.5 Å². The minimum atomic E-state index is -1.02. The summed E-state index contributed by atoms with van der Waals surface area (Å²) in [6, 6.07) is 6.58. The molecule has 0 aliphatic carbocycles. The Morgan fingerprint density at radius 2 is 1.81 bits per heavy atom.